The molecule has 3 nitrogen and oxygen atoms in total. The van der Waals surface area contributed by atoms with Crippen LogP contribution in [-0.4, -0.2) is 17.4 Å². The highest BCUT2D eigenvalue weighted by Crippen LogP contribution is 2.31. The van der Waals surface area contributed by atoms with E-state index >= 15 is 0 Å². The molecule has 0 bridgehead atoms. The fourth-order valence-corrected chi connectivity index (χ4v) is 2.40. The summed E-state index contributed by atoms with van der Waals surface area (Å²) in [6.45, 7) is 4.21. The topological polar surface area (TPSA) is 46.5 Å². The van der Waals surface area contributed by atoms with Crippen molar-refractivity contribution < 1.29 is 27.8 Å². The van der Waals surface area contributed by atoms with E-state index < -0.39 is 23.6 Å². The van der Waals surface area contributed by atoms with Gasteiger partial charge >= 0.3 is 12.3 Å². The van der Waals surface area contributed by atoms with E-state index in [9.17, 15) is 18.0 Å². The van der Waals surface area contributed by atoms with Crippen molar-refractivity contribution in [2.45, 2.75) is 26.6 Å². The van der Waals surface area contributed by atoms with Crippen LogP contribution in [0.3, 0.4) is 0 Å². The third kappa shape index (κ3) is 4.75. The summed E-state index contributed by atoms with van der Waals surface area (Å²) < 4.78 is 40.8. The summed E-state index contributed by atoms with van der Waals surface area (Å²) in [5.74, 6) is -1.70. The van der Waals surface area contributed by atoms with E-state index in [0.29, 0.717) is 11.5 Å². The van der Waals surface area contributed by atoms with E-state index in [0.717, 1.165) is 23.6 Å². The van der Waals surface area contributed by atoms with E-state index in [1.165, 1.54) is 12.1 Å². The molecule has 0 heterocycles. The molecule has 0 aliphatic carbocycles. The zero-order chi connectivity index (χ0) is 17.9. The van der Waals surface area contributed by atoms with Gasteiger partial charge in [0.25, 0.3) is 0 Å². The maximum Gasteiger partial charge on any atom is 0.573 e. The molecule has 0 aromatic heterocycles. The van der Waals surface area contributed by atoms with Gasteiger partial charge in [-0.25, -0.2) is 4.79 Å². The van der Waals surface area contributed by atoms with Crippen LogP contribution in [0, 0.1) is 5.92 Å². The van der Waals surface area contributed by atoms with Gasteiger partial charge in [-0.15, -0.1) is 13.2 Å². The Hall–Kier alpha value is -2.50. The minimum absolute atomic E-state index is 0.508. The Labute approximate surface area is 137 Å². The summed E-state index contributed by atoms with van der Waals surface area (Å²) >= 11 is 0. The monoisotopic (exact) mass is 338 g/mol. The Morgan fingerprint density at radius 2 is 1.67 bits per heavy atom. The Morgan fingerprint density at radius 3 is 2.17 bits per heavy atom. The van der Waals surface area contributed by atoms with Gasteiger partial charge in [0.05, 0.1) is 0 Å². The van der Waals surface area contributed by atoms with Crippen LogP contribution < -0.4 is 4.74 Å². The van der Waals surface area contributed by atoms with Crippen molar-refractivity contribution in [3.8, 4) is 16.9 Å². The average molecular weight is 338 g/mol. The molecule has 0 saturated heterocycles. The first kappa shape index (κ1) is 17.8. The van der Waals surface area contributed by atoms with Gasteiger partial charge in [0, 0.05) is 0 Å². The summed E-state index contributed by atoms with van der Waals surface area (Å²) in [7, 11) is 0. The predicted molar refractivity (Wildman–Crippen MR) is 84.1 cm³/mol. The maximum atomic E-state index is 12.3. The number of carboxylic acids is 1. The van der Waals surface area contributed by atoms with Crippen LogP contribution in [0.4, 0.5) is 13.2 Å². The molecule has 0 aliphatic heterocycles. The molecule has 0 fully saturated rings. The van der Waals surface area contributed by atoms with Crippen molar-refractivity contribution in [2.24, 2.45) is 5.92 Å². The third-order valence-electron chi connectivity index (χ3n) is 3.37. The second kappa shape index (κ2) is 6.95. The molecule has 2 aromatic rings. The van der Waals surface area contributed by atoms with Crippen molar-refractivity contribution in [1.82, 2.24) is 0 Å². The van der Waals surface area contributed by atoms with Gasteiger partial charge in [-0.1, -0.05) is 44.2 Å². The van der Waals surface area contributed by atoms with E-state index in [-0.39, 0.29) is 0 Å². The van der Waals surface area contributed by atoms with Crippen LogP contribution in [0.2, 0.25) is 0 Å². The van der Waals surface area contributed by atoms with Crippen LogP contribution >= 0.6 is 0 Å². The summed E-state index contributed by atoms with van der Waals surface area (Å²) in [6, 6.07) is 11.1. The highest BCUT2D eigenvalue weighted by molar-refractivity contribution is 5.92. The lowest BCUT2D eigenvalue weighted by Gasteiger charge is -2.13. The number of hydrogen-bond donors (Lipinski definition) is 1. The lowest BCUT2D eigenvalue weighted by molar-refractivity contribution is -0.274. The predicted octanol–water partition coefficient (Wildman–Crippen LogP) is 5.15. The van der Waals surface area contributed by atoms with Crippen LogP contribution in [0.1, 0.15) is 29.8 Å². The van der Waals surface area contributed by atoms with Crippen LogP contribution in [0.5, 0.6) is 5.75 Å². The SMILES string of the molecule is CC(C)Cc1ccc(-c2ccc(OC(F)(F)F)c(C(=O)O)c2)cc1. The number of benzene rings is 2. The molecule has 0 atom stereocenters. The first-order valence-corrected chi connectivity index (χ1v) is 7.38. The molecule has 0 unspecified atom stereocenters. The number of aromatic carboxylic acids is 1. The highest BCUT2D eigenvalue weighted by atomic mass is 19.4. The van der Waals surface area contributed by atoms with Gasteiger partial charge in [0.2, 0.25) is 0 Å². The second-order valence-electron chi connectivity index (χ2n) is 5.86. The first-order valence-electron chi connectivity index (χ1n) is 7.38. The molecule has 6 heteroatoms. The van der Waals surface area contributed by atoms with Crippen LogP contribution in [0.15, 0.2) is 42.5 Å². The minimum Gasteiger partial charge on any atom is -0.478 e. The largest absolute Gasteiger partial charge is 0.573 e. The summed E-state index contributed by atoms with van der Waals surface area (Å²) in [6.07, 6.45) is -4.02. The number of carboxylic acid groups (broad SMARTS) is 1. The van der Waals surface area contributed by atoms with Crippen LogP contribution in [-0.2, 0) is 6.42 Å². The van der Waals surface area contributed by atoms with Gasteiger partial charge in [-0.05, 0) is 41.2 Å². The molecule has 0 spiro atoms. The molecule has 24 heavy (non-hydrogen) atoms. The number of ether oxygens (including phenoxy) is 1. The van der Waals surface area contributed by atoms with E-state index in [1.54, 1.807) is 0 Å². The lowest BCUT2D eigenvalue weighted by Crippen LogP contribution is -2.19. The molecule has 128 valence electrons. The molecule has 0 amide bonds. The second-order valence-corrected chi connectivity index (χ2v) is 5.86. The Bertz CT molecular complexity index is 719. The van der Waals surface area contributed by atoms with Crippen molar-refractivity contribution in [2.75, 3.05) is 0 Å². The van der Waals surface area contributed by atoms with Crippen molar-refractivity contribution in [1.29, 1.82) is 0 Å². The number of carbonyl (C=O) groups is 1. The summed E-state index contributed by atoms with van der Waals surface area (Å²) in [5, 5.41) is 9.13. The first-order chi connectivity index (χ1) is 11.2. The third-order valence-corrected chi connectivity index (χ3v) is 3.37. The fraction of sp³-hybridized carbons (Fsp3) is 0.278. The smallest absolute Gasteiger partial charge is 0.478 e. The molecule has 2 rings (SSSR count). The summed E-state index contributed by atoms with van der Waals surface area (Å²) in [5.41, 5.74) is 1.85. The number of halogens is 3. The van der Waals surface area contributed by atoms with Crippen molar-refractivity contribution in [3.05, 3.63) is 53.6 Å². The quantitative estimate of drug-likeness (QED) is 0.820. The molecule has 0 saturated carbocycles. The normalized spacial score (nSPS) is 11.6. The number of hydrogen-bond acceptors (Lipinski definition) is 2. The van der Waals surface area contributed by atoms with Crippen LogP contribution in [0.25, 0.3) is 11.1 Å². The lowest BCUT2D eigenvalue weighted by atomic mass is 9.98. The maximum absolute atomic E-state index is 12.3. The van der Waals surface area contributed by atoms with E-state index in [1.807, 2.05) is 24.3 Å². The van der Waals surface area contributed by atoms with E-state index in [4.69, 9.17) is 5.11 Å². The van der Waals surface area contributed by atoms with Crippen molar-refractivity contribution in [3.63, 3.8) is 0 Å². The van der Waals surface area contributed by atoms with Gasteiger partial charge in [-0.2, -0.15) is 0 Å². The van der Waals surface area contributed by atoms with Gasteiger partial charge in [0.15, 0.2) is 0 Å². The molecule has 0 radical (unpaired) electrons. The average Bonchev–Trinajstić information content (AvgIpc) is 2.46. The zero-order valence-corrected chi connectivity index (χ0v) is 13.2. The Kier molecular flexibility index (Phi) is 5.17. The Morgan fingerprint density at radius 1 is 1.08 bits per heavy atom. The number of rotatable bonds is 5. The highest BCUT2D eigenvalue weighted by Gasteiger charge is 2.33. The fourth-order valence-electron chi connectivity index (χ4n) is 2.40. The Balaban J connectivity index is 2.34. The zero-order valence-electron chi connectivity index (χ0n) is 13.2. The summed E-state index contributed by atoms with van der Waals surface area (Å²) in [4.78, 5) is 11.2. The number of alkyl halides is 3. The molecular weight excluding hydrogens is 321 g/mol. The minimum atomic E-state index is -4.94. The molecule has 2 aromatic carbocycles. The van der Waals surface area contributed by atoms with Gasteiger partial charge < -0.3 is 9.84 Å². The van der Waals surface area contributed by atoms with Gasteiger partial charge in [0.1, 0.15) is 11.3 Å². The molecule has 1 N–H and O–H groups in total. The van der Waals surface area contributed by atoms with Gasteiger partial charge in [-0.3, -0.25) is 0 Å². The van der Waals surface area contributed by atoms with E-state index in [2.05, 4.69) is 18.6 Å². The molecular formula is C18H17F3O3. The van der Waals surface area contributed by atoms with Crippen molar-refractivity contribution >= 4 is 5.97 Å². The standard InChI is InChI=1S/C18H17F3O3/c1-11(2)9-12-3-5-13(6-4-12)14-7-8-16(24-18(19,20)21)15(10-14)17(22)23/h3-8,10-11H,9H2,1-2H3,(H,22,23). The molecule has 0 aliphatic rings.